The number of pyridine rings is 2. The van der Waals surface area contributed by atoms with Crippen LogP contribution in [-0.4, -0.2) is 24.9 Å². The van der Waals surface area contributed by atoms with Crippen LogP contribution in [-0.2, 0) is 0 Å². The van der Waals surface area contributed by atoms with Crippen molar-refractivity contribution in [1.82, 2.24) is 19.9 Å². The topological polar surface area (TPSA) is 119 Å². The van der Waals surface area contributed by atoms with Gasteiger partial charge in [0.15, 0.2) is 0 Å². The van der Waals surface area contributed by atoms with Crippen LogP contribution in [0.3, 0.4) is 0 Å². The van der Waals surface area contributed by atoms with Crippen LogP contribution in [0.1, 0.15) is 0 Å². The molecule has 0 saturated carbocycles. The third-order valence-electron chi connectivity index (χ3n) is 3.88. The zero-order chi connectivity index (χ0) is 19.5. The Balaban J connectivity index is 1.74. The van der Waals surface area contributed by atoms with Crippen molar-refractivity contribution in [2.45, 2.75) is 0 Å². The Morgan fingerprint density at radius 2 is 1.75 bits per heavy atom. The number of benzene rings is 1. The molecule has 2 N–H and O–H groups in total. The molecule has 0 aliphatic carbocycles. The maximum Gasteiger partial charge on any atom is 0.353 e. The third kappa shape index (κ3) is 3.58. The van der Waals surface area contributed by atoms with Gasteiger partial charge in [-0.15, -0.1) is 0 Å². The molecule has 0 bridgehead atoms. The first kappa shape index (κ1) is 17.7. The largest absolute Gasteiger partial charge is 0.353 e. The second-order valence-corrected chi connectivity index (χ2v) is 6.58. The van der Waals surface area contributed by atoms with Gasteiger partial charge in [0.05, 0.1) is 10.4 Å². The van der Waals surface area contributed by atoms with Crippen molar-refractivity contribution in [2.24, 2.45) is 0 Å². The van der Waals surface area contributed by atoms with Gasteiger partial charge >= 0.3 is 5.69 Å². The number of anilines is 4. The van der Waals surface area contributed by atoms with Gasteiger partial charge in [-0.05, 0) is 52.3 Å². The van der Waals surface area contributed by atoms with Crippen LogP contribution in [0.2, 0.25) is 0 Å². The lowest BCUT2D eigenvalue weighted by Gasteiger charge is -2.11. The Morgan fingerprint density at radius 1 is 0.929 bits per heavy atom. The molecule has 0 amide bonds. The van der Waals surface area contributed by atoms with Crippen LogP contribution in [0.15, 0.2) is 65.7 Å². The van der Waals surface area contributed by atoms with Crippen LogP contribution in [0.25, 0.3) is 10.9 Å². The summed E-state index contributed by atoms with van der Waals surface area (Å²) in [5.41, 5.74) is 1.13. The molecule has 0 saturated heterocycles. The fraction of sp³-hybridized carbons (Fsp3) is 0. The average molecular weight is 438 g/mol. The molecule has 0 unspecified atom stereocenters. The van der Waals surface area contributed by atoms with Crippen molar-refractivity contribution in [3.63, 3.8) is 0 Å². The van der Waals surface area contributed by atoms with Gasteiger partial charge in [0, 0.05) is 27.9 Å². The van der Waals surface area contributed by atoms with Crippen molar-refractivity contribution in [1.29, 1.82) is 0 Å². The molecule has 9 nitrogen and oxygen atoms in total. The van der Waals surface area contributed by atoms with Gasteiger partial charge in [-0.2, -0.15) is 0 Å². The molecule has 0 spiro atoms. The Morgan fingerprint density at radius 3 is 2.50 bits per heavy atom. The summed E-state index contributed by atoms with van der Waals surface area (Å²) < 4.78 is 0.794. The van der Waals surface area contributed by atoms with Crippen LogP contribution >= 0.6 is 15.9 Å². The lowest BCUT2D eigenvalue weighted by molar-refractivity contribution is -0.383. The summed E-state index contributed by atoms with van der Waals surface area (Å²) in [5.74, 6) is 0.525. The molecular formula is C18H12BrN7O2. The van der Waals surface area contributed by atoms with Crippen molar-refractivity contribution >= 4 is 55.7 Å². The predicted octanol–water partition coefficient (Wildman–Crippen LogP) is 4.58. The highest BCUT2D eigenvalue weighted by molar-refractivity contribution is 9.10. The number of hydrogen-bond donors (Lipinski definition) is 2. The standard InChI is InChI=1S/C18H12BrN7O2/c19-11-6-7-15(21-9-11)25-18-16(26(27)28)17(22-10-23-18)24-14-5-1-4-13-12(14)3-2-8-20-13/h1-10H,(H2,21,22,23,24,25). The molecule has 0 atom stereocenters. The average Bonchev–Trinajstić information content (AvgIpc) is 2.70. The summed E-state index contributed by atoms with van der Waals surface area (Å²) in [6.07, 6.45) is 4.52. The highest BCUT2D eigenvalue weighted by Crippen LogP contribution is 2.34. The first-order chi connectivity index (χ1) is 13.6. The highest BCUT2D eigenvalue weighted by atomic mass is 79.9. The zero-order valence-electron chi connectivity index (χ0n) is 14.2. The molecule has 0 aliphatic heterocycles. The minimum Gasteiger partial charge on any atom is -0.334 e. The first-order valence-electron chi connectivity index (χ1n) is 8.10. The number of halogens is 1. The number of nitrogens with one attached hydrogen (secondary N) is 2. The van der Waals surface area contributed by atoms with E-state index in [-0.39, 0.29) is 17.3 Å². The van der Waals surface area contributed by atoms with Gasteiger partial charge in [0.25, 0.3) is 0 Å². The van der Waals surface area contributed by atoms with Crippen LogP contribution < -0.4 is 10.6 Å². The smallest absolute Gasteiger partial charge is 0.334 e. The molecule has 1 aromatic carbocycles. The maximum atomic E-state index is 11.7. The molecule has 0 radical (unpaired) electrons. The van der Waals surface area contributed by atoms with E-state index >= 15 is 0 Å². The third-order valence-corrected chi connectivity index (χ3v) is 4.35. The van der Waals surface area contributed by atoms with Gasteiger partial charge in [0.1, 0.15) is 12.1 Å². The molecule has 10 heteroatoms. The summed E-state index contributed by atoms with van der Waals surface area (Å²) in [6, 6.07) is 12.6. The second-order valence-electron chi connectivity index (χ2n) is 5.66. The number of fused-ring (bicyclic) bond motifs is 1. The SMILES string of the molecule is O=[N+]([O-])c1c(Nc2ccc(Br)cn2)ncnc1Nc1cccc2ncccc12. The van der Waals surface area contributed by atoms with E-state index in [1.54, 1.807) is 36.7 Å². The second kappa shape index (κ2) is 7.53. The number of nitro groups is 1. The van der Waals surface area contributed by atoms with Gasteiger partial charge in [-0.3, -0.25) is 15.1 Å². The van der Waals surface area contributed by atoms with Crippen molar-refractivity contribution < 1.29 is 4.92 Å². The number of hydrogen-bond acceptors (Lipinski definition) is 8. The van der Waals surface area contributed by atoms with Gasteiger partial charge in [-0.1, -0.05) is 6.07 Å². The van der Waals surface area contributed by atoms with Crippen molar-refractivity contribution in [3.8, 4) is 0 Å². The number of nitrogens with zero attached hydrogens (tertiary/aromatic N) is 5. The van der Waals surface area contributed by atoms with Gasteiger partial charge < -0.3 is 10.6 Å². The number of aromatic nitrogens is 4. The van der Waals surface area contributed by atoms with E-state index < -0.39 is 4.92 Å². The molecule has 0 aliphatic rings. The van der Waals surface area contributed by atoms with E-state index in [4.69, 9.17) is 0 Å². The molecule has 28 heavy (non-hydrogen) atoms. The van der Waals surface area contributed by atoms with E-state index in [2.05, 4.69) is 46.5 Å². The lowest BCUT2D eigenvalue weighted by Crippen LogP contribution is -2.06. The Labute approximate surface area is 167 Å². The van der Waals surface area contributed by atoms with Gasteiger partial charge in [0.2, 0.25) is 11.6 Å². The van der Waals surface area contributed by atoms with Crippen molar-refractivity contribution in [2.75, 3.05) is 10.6 Å². The fourth-order valence-corrected chi connectivity index (χ4v) is 2.88. The first-order valence-corrected chi connectivity index (χ1v) is 8.90. The highest BCUT2D eigenvalue weighted by Gasteiger charge is 2.24. The molecular weight excluding hydrogens is 426 g/mol. The molecule has 4 aromatic rings. The summed E-state index contributed by atoms with van der Waals surface area (Å²) >= 11 is 3.30. The van der Waals surface area contributed by atoms with E-state index in [9.17, 15) is 10.1 Å². The van der Waals surface area contributed by atoms with Crippen LogP contribution in [0.5, 0.6) is 0 Å². The maximum absolute atomic E-state index is 11.7. The Bertz CT molecular complexity index is 1160. The van der Waals surface area contributed by atoms with E-state index in [1.165, 1.54) is 6.33 Å². The zero-order valence-corrected chi connectivity index (χ0v) is 15.8. The van der Waals surface area contributed by atoms with E-state index in [1.807, 2.05) is 18.2 Å². The molecule has 4 rings (SSSR count). The normalized spacial score (nSPS) is 10.6. The minimum atomic E-state index is -0.535. The van der Waals surface area contributed by atoms with Gasteiger partial charge in [-0.25, -0.2) is 15.0 Å². The molecule has 0 fully saturated rings. The molecule has 3 aromatic heterocycles. The van der Waals surface area contributed by atoms with Crippen LogP contribution in [0, 0.1) is 10.1 Å². The van der Waals surface area contributed by atoms with E-state index in [0.717, 1.165) is 15.4 Å². The fourth-order valence-electron chi connectivity index (χ4n) is 2.65. The quantitative estimate of drug-likeness (QED) is 0.343. The minimum absolute atomic E-state index is 0.0377. The van der Waals surface area contributed by atoms with Crippen LogP contribution in [0.4, 0.5) is 28.8 Å². The summed E-state index contributed by atoms with van der Waals surface area (Å²) in [6.45, 7) is 0. The summed E-state index contributed by atoms with van der Waals surface area (Å²) in [4.78, 5) is 27.7. The summed E-state index contributed by atoms with van der Waals surface area (Å²) in [5, 5.41) is 18.5. The van der Waals surface area contributed by atoms with E-state index in [0.29, 0.717) is 11.5 Å². The predicted molar refractivity (Wildman–Crippen MR) is 109 cm³/mol. The summed E-state index contributed by atoms with van der Waals surface area (Å²) in [7, 11) is 0. The Hall–Kier alpha value is -3.66. The number of rotatable bonds is 5. The Kier molecular flexibility index (Phi) is 4.77. The lowest BCUT2D eigenvalue weighted by atomic mass is 10.2. The molecule has 3 heterocycles. The molecule has 138 valence electrons. The van der Waals surface area contributed by atoms with Crippen molar-refractivity contribution in [3.05, 3.63) is 75.8 Å². The monoisotopic (exact) mass is 437 g/mol.